The van der Waals surface area contributed by atoms with E-state index in [0.29, 0.717) is 18.4 Å². The Morgan fingerprint density at radius 1 is 1.21 bits per heavy atom. The van der Waals surface area contributed by atoms with Crippen molar-refractivity contribution >= 4 is 12.0 Å². The molecule has 0 aliphatic heterocycles. The summed E-state index contributed by atoms with van der Waals surface area (Å²) in [4.78, 5) is 24.6. The number of hydrogen-bond acceptors (Lipinski definition) is 2. The zero-order valence-electron chi connectivity index (χ0n) is 11.6. The van der Waals surface area contributed by atoms with Crippen LogP contribution in [0.25, 0.3) is 0 Å². The number of nitrogens with zero attached hydrogens (tertiary/aromatic N) is 1. The molecule has 0 aromatic carbocycles. The lowest BCUT2D eigenvalue weighted by Gasteiger charge is -2.23. The van der Waals surface area contributed by atoms with E-state index < -0.39 is 5.97 Å². The SMILES string of the molecule is CC(CNC(=O)N(CC1CC1)CC1CC1)CC(=O)O. The van der Waals surface area contributed by atoms with Gasteiger partial charge >= 0.3 is 12.0 Å². The normalized spacial score (nSPS) is 19.8. The van der Waals surface area contributed by atoms with Gasteiger partial charge in [0.1, 0.15) is 0 Å². The van der Waals surface area contributed by atoms with Crippen molar-refractivity contribution in [3.8, 4) is 0 Å². The first-order valence-electron chi connectivity index (χ1n) is 7.29. The van der Waals surface area contributed by atoms with Crippen molar-refractivity contribution in [1.29, 1.82) is 0 Å². The second-order valence-corrected chi connectivity index (χ2v) is 6.18. The molecule has 0 spiro atoms. The van der Waals surface area contributed by atoms with Gasteiger partial charge in [0.05, 0.1) is 0 Å². The summed E-state index contributed by atoms with van der Waals surface area (Å²) in [5.41, 5.74) is 0. The van der Waals surface area contributed by atoms with Gasteiger partial charge in [0.15, 0.2) is 0 Å². The third-order valence-electron chi connectivity index (χ3n) is 3.76. The highest BCUT2D eigenvalue weighted by atomic mass is 16.4. The molecule has 2 aliphatic carbocycles. The smallest absolute Gasteiger partial charge is 0.317 e. The molecule has 2 rings (SSSR count). The molecule has 0 aromatic heterocycles. The molecular weight excluding hydrogens is 244 g/mol. The van der Waals surface area contributed by atoms with Crippen molar-refractivity contribution in [2.75, 3.05) is 19.6 Å². The predicted molar refractivity (Wildman–Crippen MR) is 71.8 cm³/mol. The number of carboxylic acids is 1. The number of aliphatic carboxylic acids is 1. The van der Waals surface area contributed by atoms with Gasteiger partial charge in [-0.3, -0.25) is 4.79 Å². The molecule has 19 heavy (non-hydrogen) atoms. The zero-order chi connectivity index (χ0) is 13.8. The van der Waals surface area contributed by atoms with Gasteiger partial charge in [0.25, 0.3) is 0 Å². The third-order valence-corrected chi connectivity index (χ3v) is 3.76. The summed E-state index contributed by atoms with van der Waals surface area (Å²) in [6.07, 6.45) is 5.06. The molecule has 0 bridgehead atoms. The summed E-state index contributed by atoms with van der Waals surface area (Å²) in [7, 11) is 0. The average molecular weight is 268 g/mol. The standard InChI is InChI=1S/C14H24N2O3/c1-10(6-13(17)18)7-15-14(19)16(8-11-2-3-11)9-12-4-5-12/h10-12H,2-9H2,1H3,(H,15,19)(H,17,18). The zero-order valence-corrected chi connectivity index (χ0v) is 11.6. The molecule has 0 aromatic rings. The summed E-state index contributed by atoms with van der Waals surface area (Å²) >= 11 is 0. The fraction of sp³-hybridized carbons (Fsp3) is 0.857. The maximum atomic E-state index is 12.1. The molecule has 2 N–H and O–H groups in total. The summed E-state index contributed by atoms with van der Waals surface area (Å²) in [5, 5.41) is 11.6. The van der Waals surface area contributed by atoms with Crippen LogP contribution in [-0.2, 0) is 4.79 Å². The fourth-order valence-corrected chi connectivity index (χ4v) is 2.21. The molecule has 2 fully saturated rings. The molecule has 1 atom stereocenters. The van der Waals surface area contributed by atoms with E-state index in [1.165, 1.54) is 25.7 Å². The molecule has 2 amide bonds. The number of urea groups is 1. The largest absolute Gasteiger partial charge is 0.481 e. The summed E-state index contributed by atoms with van der Waals surface area (Å²) in [6.45, 7) is 4.03. The first-order chi connectivity index (χ1) is 9.04. The Hall–Kier alpha value is -1.26. The highest BCUT2D eigenvalue weighted by molar-refractivity contribution is 5.74. The minimum Gasteiger partial charge on any atom is -0.481 e. The van der Waals surface area contributed by atoms with E-state index >= 15 is 0 Å². The number of rotatable bonds is 8. The van der Waals surface area contributed by atoms with Gasteiger partial charge in [-0.05, 0) is 43.4 Å². The molecule has 0 saturated heterocycles. The molecule has 2 aliphatic rings. The van der Waals surface area contributed by atoms with E-state index in [0.717, 1.165) is 13.1 Å². The average Bonchev–Trinajstić information content (AvgIpc) is 3.18. The Labute approximate surface area is 114 Å². The van der Waals surface area contributed by atoms with E-state index in [1.807, 2.05) is 11.8 Å². The number of amides is 2. The van der Waals surface area contributed by atoms with Gasteiger partial charge in [-0.2, -0.15) is 0 Å². The van der Waals surface area contributed by atoms with Crippen molar-refractivity contribution in [3.63, 3.8) is 0 Å². The van der Waals surface area contributed by atoms with Crippen LogP contribution in [0.3, 0.4) is 0 Å². The Morgan fingerprint density at radius 2 is 1.74 bits per heavy atom. The fourth-order valence-electron chi connectivity index (χ4n) is 2.21. The van der Waals surface area contributed by atoms with Gasteiger partial charge in [-0.15, -0.1) is 0 Å². The van der Waals surface area contributed by atoms with Gasteiger partial charge in [0, 0.05) is 26.1 Å². The predicted octanol–water partition coefficient (Wildman–Crippen LogP) is 1.93. The molecule has 2 saturated carbocycles. The molecule has 0 radical (unpaired) electrons. The number of carbonyl (C=O) groups is 2. The summed E-state index contributed by atoms with van der Waals surface area (Å²) in [6, 6.07) is -0.0176. The summed E-state index contributed by atoms with van der Waals surface area (Å²) in [5.74, 6) is 0.557. The maximum absolute atomic E-state index is 12.1. The molecule has 1 unspecified atom stereocenters. The highest BCUT2D eigenvalue weighted by Gasteiger charge is 2.31. The van der Waals surface area contributed by atoms with E-state index in [1.54, 1.807) is 0 Å². The van der Waals surface area contributed by atoms with Gasteiger partial charge in [-0.25, -0.2) is 4.79 Å². The third kappa shape index (κ3) is 5.49. The number of hydrogen-bond donors (Lipinski definition) is 2. The van der Waals surface area contributed by atoms with Crippen LogP contribution in [0.5, 0.6) is 0 Å². The molecule has 5 heteroatoms. The van der Waals surface area contributed by atoms with Crippen LogP contribution in [-0.4, -0.2) is 41.6 Å². The lowest BCUT2D eigenvalue weighted by Crippen LogP contribution is -2.43. The van der Waals surface area contributed by atoms with Crippen molar-refractivity contribution < 1.29 is 14.7 Å². The monoisotopic (exact) mass is 268 g/mol. The van der Waals surface area contributed by atoms with Gasteiger partial charge in [-0.1, -0.05) is 6.92 Å². The lowest BCUT2D eigenvalue weighted by atomic mass is 10.1. The van der Waals surface area contributed by atoms with E-state index in [2.05, 4.69) is 5.32 Å². The molecule has 108 valence electrons. The van der Waals surface area contributed by atoms with Crippen molar-refractivity contribution in [1.82, 2.24) is 10.2 Å². The minimum atomic E-state index is -0.811. The van der Waals surface area contributed by atoms with Crippen molar-refractivity contribution in [2.24, 2.45) is 17.8 Å². The van der Waals surface area contributed by atoms with Crippen LogP contribution in [0.1, 0.15) is 39.0 Å². The molecule has 5 nitrogen and oxygen atoms in total. The number of nitrogens with one attached hydrogen (secondary N) is 1. The molecule has 0 heterocycles. The van der Waals surface area contributed by atoms with Crippen molar-refractivity contribution in [2.45, 2.75) is 39.0 Å². The Balaban J connectivity index is 1.72. The highest BCUT2D eigenvalue weighted by Crippen LogP contribution is 2.33. The van der Waals surface area contributed by atoms with Crippen LogP contribution in [0.15, 0.2) is 0 Å². The van der Waals surface area contributed by atoms with Gasteiger partial charge < -0.3 is 15.3 Å². The quantitative estimate of drug-likeness (QED) is 0.706. The molecular formula is C14H24N2O3. The lowest BCUT2D eigenvalue weighted by molar-refractivity contribution is -0.137. The second-order valence-electron chi connectivity index (χ2n) is 6.18. The van der Waals surface area contributed by atoms with Crippen LogP contribution in [0.4, 0.5) is 4.79 Å². The van der Waals surface area contributed by atoms with Crippen molar-refractivity contribution in [3.05, 3.63) is 0 Å². The van der Waals surface area contributed by atoms with Crippen LogP contribution in [0.2, 0.25) is 0 Å². The topological polar surface area (TPSA) is 69.6 Å². The van der Waals surface area contributed by atoms with E-state index in [-0.39, 0.29) is 18.4 Å². The van der Waals surface area contributed by atoms with Crippen LogP contribution < -0.4 is 5.32 Å². The Bertz CT molecular complexity index is 324. The maximum Gasteiger partial charge on any atom is 0.317 e. The first-order valence-corrected chi connectivity index (χ1v) is 7.29. The van der Waals surface area contributed by atoms with Crippen LogP contribution in [0, 0.1) is 17.8 Å². The Kier molecular flexibility index (Phi) is 4.66. The minimum absolute atomic E-state index is 0.0176. The van der Waals surface area contributed by atoms with Gasteiger partial charge in [0.2, 0.25) is 0 Å². The number of carboxylic acid groups (broad SMARTS) is 1. The van der Waals surface area contributed by atoms with Crippen LogP contribution >= 0.6 is 0 Å². The Morgan fingerprint density at radius 3 is 2.16 bits per heavy atom. The van der Waals surface area contributed by atoms with E-state index in [4.69, 9.17) is 5.11 Å². The second kappa shape index (κ2) is 6.26. The first kappa shape index (κ1) is 14.2. The summed E-state index contributed by atoms with van der Waals surface area (Å²) < 4.78 is 0. The number of carbonyl (C=O) groups excluding carboxylic acids is 1. The van der Waals surface area contributed by atoms with E-state index in [9.17, 15) is 9.59 Å².